The molecule has 1 heterocycles. The van der Waals surface area contributed by atoms with E-state index in [1.807, 2.05) is 19.2 Å². The number of fused-ring (bicyclic) bond motifs is 1. The molecule has 1 atom stereocenters. The van der Waals surface area contributed by atoms with Crippen LogP contribution in [0.3, 0.4) is 0 Å². The summed E-state index contributed by atoms with van der Waals surface area (Å²) < 4.78 is 13.5. The van der Waals surface area contributed by atoms with E-state index < -0.39 is 17.5 Å². The van der Waals surface area contributed by atoms with Gasteiger partial charge in [0.05, 0.1) is 18.3 Å². The highest BCUT2D eigenvalue weighted by Gasteiger charge is 2.37. The highest BCUT2D eigenvalue weighted by molar-refractivity contribution is 6.52. The van der Waals surface area contributed by atoms with Crippen LogP contribution in [0.1, 0.15) is 26.3 Å². The first kappa shape index (κ1) is 17.8. The number of anilines is 1. The number of amides is 2. The zero-order valence-corrected chi connectivity index (χ0v) is 14.5. The Balaban J connectivity index is 1.71. The van der Waals surface area contributed by atoms with E-state index in [1.165, 1.54) is 23.1 Å². The molecule has 0 aliphatic carbocycles. The van der Waals surface area contributed by atoms with Crippen molar-refractivity contribution in [2.45, 2.75) is 6.54 Å². The van der Waals surface area contributed by atoms with E-state index in [-0.39, 0.29) is 18.1 Å². The van der Waals surface area contributed by atoms with Crippen molar-refractivity contribution in [3.05, 3.63) is 65.0 Å². The summed E-state index contributed by atoms with van der Waals surface area (Å²) >= 11 is 0. The normalized spacial score (nSPS) is 14.3. The van der Waals surface area contributed by atoms with Crippen LogP contribution in [0.5, 0.6) is 0 Å². The van der Waals surface area contributed by atoms with Gasteiger partial charge in [0.25, 0.3) is 11.7 Å². The van der Waals surface area contributed by atoms with Gasteiger partial charge in [0.15, 0.2) is 6.67 Å². The standard InChI is InChI=1S/C19H18FN3O3/c1-21-18(25)13-5-3-12(4-6-13)10-22(2)11-23-16-9-14(20)7-8-15(16)17(24)19(23)26/h3-9H,10-11H2,1-2H3,(H,21,25)/p+1. The van der Waals surface area contributed by atoms with Gasteiger partial charge in [-0.3, -0.25) is 19.3 Å². The molecule has 2 aromatic carbocycles. The highest BCUT2D eigenvalue weighted by Crippen LogP contribution is 2.28. The van der Waals surface area contributed by atoms with Crippen LogP contribution in [0.15, 0.2) is 42.5 Å². The molecular formula is C19H19FN3O3+. The number of carbonyl (C=O) groups is 3. The molecule has 2 N–H and O–H groups in total. The van der Waals surface area contributed by atoms with Crippen LogP contribution in [-0.4, -0.2) is 38.4 Å². The SMILES string of the molecule is CNC(=O)c1ccc(C[NH+](C)CN2C(=O)C(=O)c3ccc(F)cc32)cc1. The zero-order valence-electron chi connectivity index (χ0n) is 14.5. The average Bonchev–Trinajstić information content (AvgIpc) is 2.86. The van der Waals surface area contributed by atoms with E-state index in [2.05, 4.69) is 5.32 Å². The Bertz CT molecular complexity index is 880. The van der Waals surface area contributed by atoms with E-state index in [0.717, 1.165) is 10.5 Å². The number of benzene rings is 2. The Labute approximate surface area is 150 Å². The predicted molar refractivity (Wildman–Crippen MR) is 93.5 cm³/mol. The summed E-state index contributed by atoms with van der Waals surface area (Å²) in [6.07, 6.45) is 0. The lowest BCUT2D eigenvalue weighted by Crippen LogP contribution is -3.09. The highest BCUT2D eigenvalue weighted by atomic mass is 19.1. The first-order chi connectivity index (χ1) is 12.4. The smallest absolute Gasteiger partial charge is 0.303 e. The molecule has 0 saturated heterocycles. The summed E-state index contributed by atoms with van der Waals surface area (Å²) in [5, 5.41) is 2.56. The Hall–Kier alpha value is -3.06. The molecule has 7 heteroatoms. The van der Waals surface area contributed by atoms with E-state index in [0.29, 0.717) is 17.8 Å². The molecule has 1 aliphatic heterocycles. The Morgan fingerprint density at radius 3 is 2.50 bits per heavy atom. The van der Waals surface area contributed by atoms with E-state index in [1.54, 1.807) is 19.2 Å². The monoisotopic (exact) mass is 356 g/mol. The van der Waals surface area contributed by atoms with Gasteiger partial charge in [-0.2, -0.15) is 0 Å². The Morgan fingerprint density at radius 1 is 1.15 bits per heavy atom. The first-order valence-electron chi connectivity index (χ1n) is 8.18. The molecule has 0 radical (unpaired) electrons. The lowest BCUT2D eigenvalue weighted by molar-refractivity contribution is -0.892. The maximum absolute atomic E-state index is 13.5. The van der Waals surface area contributed by atoms with Crippen molar-refractivity contribution in [1.29, 1.82) is 0 Å². The Morgan fingerprint density at radius 2 is 1.85 bits per heavy atom. The largest absolute Gasteiger partial charge is 0.355 e. The maximum atomic E-state index is 13.5. The second-order valence-electron chi connectivity index (χ2n) is 6.29. The van der Waals surface area contributed by atoms with E-state index in [9.17, 15) is 18.8 Å². The fourth-order valence-corrected chi connectivity index (χ4v) is 3.02. The van der Waals surface area contributed by atoms with E-state index in [4.69, 9.17) is 0 Å². The van der Waals surface area contributed by atoms with Crippen LogP contribution < -0.4 is 15.1 Å². The second kappa shape index (κ2) is 7.05. The van der Waals surface area contributed by atoms with Crippen molar-refractivity contribution in [3.63, 3.8) is 0 Å². The average molecular weight is 356 g/mol. The topological polar surface area (TPSA) is 70.9 Å². The molecule has 26 heavy (non-hydrogen) atoms. The van der Waals surface area contributed by atoms with Crippen LogP contribution in [0.4, 0.5) is 10.1 Å². The number of hydrogen-bond donors (Lipinski definition) is 2. The number of nitrogens with one attached hydrogen (secondary N) is 2. The molecule has 2 aromatic rings. The number of ketones is 1. The molecule has 1 unspecified atom stereocenters. The van der Waals surface area contributed by atoms with Gasteiger partial charge in [-0.05, 0) is 30.3 Å². The Kier molecular flexibility index (Phi) is 4.81. The molecule has 1 aliphatic rings. The quantitative estimate of drug-likeness (QED) is 0.762. The van der Waals surface area contributed by atoms with Crippen LogP contribution in [-0.2, 0) is 11.3 Å². The number of quaternary nitrogens is 1. The van der Waals surface area contributed by atoms with Gasteiger partial charge in [0.1, 0.15) is 12.4 Å². The van der Waals surface area contributed by atoms with Gasteiger partial charge < -0.3 is 10.2 Å². The third-order valence-corrected chi connectivity index (χ3v) is 4.31. The second-order valence-corrected chi connectivity index (χ2v) is 6.29. The van der Waals surface area contributed by atoms with Crippen LogP contribution in [0.2, 0.25) is 0 Å². The molecule has 6 nitrogen and oxygen atoms in total. The minimum atomic E-state index is -0.639. The lowest BCUT2D eigenvalue weighted by atomic mass is 10.1. The molecule has 0 saturated carbocycles. The maximum Gasteiger partial charge on any atom is 0.303 e. The molecule has 0 fully saturated rings. The van der Waals surface area contributed by atoms with E-state index >= 15 is 0 Å². The summed E-state index contributed by atoms with van der Waals surface area (Å²) in [5.74, 6) is -1.89. The molecule has 0 bridgehead atoms. The molecule has 3 rings (SSSR count). The van der Waals surface area contributed by atoms with Gasteiger partial charge in [0, 0.05) is 18.2 Å². The summed E-state index contributed by atoms with van der Waals surface area (Å²) in [4.78, 5) is 38.1. The van der Waals surface area contributed by atoms with Crippen molar-refractivity contribution in [2.24, 2.45) is 0 Å². The molecule has 0 aromatic heterocycles. The number of carbonyl (C=O) groups excluding carboxylic acids is 3. The molecular weight excluding hydrogens is 337 g/mol. The van der Waals surface area contributed by atoms with Crippen molar-refractivity contribution >= 4 is 23.3 Å². The minimum absolute atomic E-state index is 0.155. The number of hydrogen-bond acceptors (Lipinski definition) is 3. The first-order valence-corrected chi connectivity index (χ1v) is 8.18. The van der Waals surface area contributed by atoms with Crippen LogP contribution in [0, 0.1) is 5.82 Å². The summed E-state index contributed by atoms with van der Waals surface area (Å²) in [5.41, 5.74) is 2.10. The number of Topliss-reactive ketones (excluding diaryl/α,β-unsaturated/α-hetero) is 1. The number of nitrogens with zero attached hydrogens (tertiary/aromatic N) is 1. The fourth-order valence-electron chi connectivity index (χ4n) is 3.02. The van der Waals surface area contributed by atoms with Gasteiger partial charge in [-0.15, -0.1) is 0 Å². The molecule has 0 spiro atoms. The summed E-state index contributed by atoms with van der Waals surface area (Å²) in [6, 6.07) is 10.9. The van der Waals surface area contributed by atoms with Crippen LogP contribution in [0.25, 0.3) is 0 Å². The fraction of sp³-hybridized carbons (Fsp3) is 0.211. The van der Waals surface area contributed by atoms with Crippen molar-refractivity contribution in [3.8, 4) is 0 Å². The van der Waals surface area contributed by atoms with Crippen molar-refractivity contribution in [1.82, 2.24) is 5.32 Å². The van der Waals surface area contributed by atoms with Gasteiger partial charge >= 0.3 is 5.91 Å². The zero-order chi connectivity index (χ0) is 18.8. The molecule has 134 valence electrons. The number of halogens is 1. The number of rotatable bonds is 5. The third kappa shape index (κ3) is 3.34. The van der Waals surface area contributed by atoms with Crippen molar-refractivity contribution in [2.75, 3.05) is 25.7 Å². The minimum Gasteiger partial charge on any atom is -0.355 e. The van der Waals surface area contributed by atoms with Crippen LogP contribution >= 0.6 is 0 Å². The van der Waals surface area contributed by atoms with Gasteiger partial charge in [-0.1, -0.05) is 12.1 Å². The third-order valence-electron chi connectivity index (χ3n) is 4.31. The van der Waals surface area contributed by atoms with Crippen molar-refractivity contribution < 1.29 is 23.7 Å². The lowest BCUT2D eigenvalue weighted by Gasteiger charge is -2.21. The van der Waals surface area contributed by atoms with Gasteiger partial charge in [0.2, 0.25) is 0 Å². The van der Waals surface area contributed by atoms with Gasteiger partial charge in [-0.25, -0.2) is 4.39 Å². The summed E-state index contributed by atoms with van der Waals surface area (Å²) in [6.45, 7) is 0.814. The predicted octanol–water partition coefficient (Wildman–Crippen LogP) is 0.387. The summed E-state index contributed by atoms with van der Waals surface area (Å²) in [7, 11) is 3.45. The molecule has 2 amide bonds.